The van der Waals surface area contributed by atoms with Gasteiger partial charge < -0.3 is 10.2 Å². The zero-order valence-corrected chi connectivity index (χ0v) is 8.58. The molecule has 0 aromatic heterocycles. The average Bonchev–Trinajstić information content (AvgIpc) is 2.01. The topological polar surface area (TPSA) is 57.5 Å². The summed E-state index contributed by atoms with van der Waals surface area (Å²) in [4.78, 5) is 10.5. The normalized spacial score (nSPS) is 12.5. The van der Waals surface area contributed by atoms with Crippen molar-refractivity contribution in [2.45, 2.75) is 13.0 Å². The molecule has 0 saturated carbocycles. The van der Waals surface area contributed by atoms with Crippen molar-refractivity contribution in [3.63, 3.8) is 0 Å². The first-order chi connectivity index (χ1) is 6.00. The van der Waals surface area contributed by atoms with Gasteiger partial charge in [-0.3, -0.25) is 0 Å². The molecule has 0 bridgehead atoms. The summed E-state index contributed by atoms with van der Waals surface area (Å²) in [5, 5.41) is 17.8. The highest BCUT2D eigenvalue weighted by molar-refractivity contribution is 9.10. The highest BCUT2D eigenvalue weighted by Crippen LogP contribution is 2.20. The Balaban J connectivity index is 3.07. The first kappa shape index (κ1) is 10.2. The number of benzene rings is 1. The second kappa shape index (κ2) is 3.89. The maximum absolute atomic E-state index is 10.5. The highest BCUT2D eigenvalue weighted by atomic mass is 79.9. The summed E-state index contributed by atoms with van der Waals surface area (Å²) in [7, 11) is 0. The Labute approximate surface area is 84.1 Å². The number of carbonyl (C=O) groups is 1. The van der Waals surface area contributed by atoms with E-state index in [0.717, 1.165) is 10.0 Å². The fraction of sp³-hybridized carbons (Fsp3) is 0.222. The van der Waals surface area contributed by atoms with Crippen LogP contribution in [-0.2, 0) is 4.79 Å². The van der Waals surface area contributed by atoms with Crippen LogP contribution in [0.25, 0.3) is 0 Å². The van der Waals surface area contributed by atoms with E-state index in [1.165, 1.54) is 0 Å². The number of carboxylic acids is 1. The zero-order valence-electron chi connectivity index (χ0n) is 6.99. The van der Waals surface area contributed by atoms with Gasteiger partial charge in [0.15, 0.2) is 6.10 Å². The van der Waals surface area contributed by atoms with E-state index in [1.54, 1.807) is 12.1 Å². The molecule has 1 rings (SSSR count). The molecule has 0 aliphatic rings. The van der Waals surface area contributed by atoms with Crippen molar-refractivity contribution in [1.29, 1.82) is 0 Å². The first-order valence-corrected chi connectivity index (χ1v) is 4.48. The van der Waals surface area contributed by atoms with Crippen molar-refractivity contribution >= 4 is 21.9 Å². The van der Waals surface area contributed by atoms with Crippen LogP contribution < -0.4 is 0 Å². The molecule has 0 saturated heterocycles. The fourth-order valence-corrected chi connectivity index (χ4v) is 1.69. The van der Waals surface area contributed by atoms with Gasteiger partial charge >= 0.3 is 5.97 Å². The third-order valence-electron chi connectivity index (χ3n) is 1.61. The molecule has 3 nitrogen and oxygen atoms in total. The van der Waals surface area contributed by atoms with Crippen LogP contribution in [0.1, 0.15) is 17.2 Å². The molecule has 0 heterocycles. The maximum Gasteiger partial charge on any atom is 0.337 e. The molecule has 0 spiro atoms. The predicted octanol–water partition coefficient (Wildman–Crippen LogP) is 1.88. The molecule has 13 heavy (non-hydrogen) atoms. The van der Waals surface area contributed by atoms with E-state index in [4.69, 9.17) is 5.11 Å². The summed E-state index contributed by atoms with van der Waals surface area (Å²) in [6, 6.07) is 5.08. The zero-order chi connectivity index (χ0) is 10.0. The van der Waals surface area contributed by atoms with Gasteiger partial charge in [-0.05, 0) is 30.2 Å². The lowest BCUT2D eigenvalue weighted by atomic mass is 10.1. The molecule has 1 aromatic carbocycles. The summed E-state index contributed by atoms with van der Waals surface area (Å²) in [6.45, 7) is 1.84. The van der Waals surface area contributed by atoms with Crippen molar-refractivity contribution < 1.29 is 15.0 Å². The summed E-state index contributed by atoms with van der Waals surface area (Å²) >= 11 is 3.23. The number of carboxylic acid groups (broad SMARTS) is 1. The van der Waals surface area contributed by atoms with E-state index in [2.05, 4.69) is 15.9 Å². The molecule has 0 amide bonds. The van der Waals surface area contributed by atoms with Gasteiger partial charge in [0.05, 0.1) is 0 Å². The second-order valence-corrected chi connectivity index (χ2v) is 3.72. The minimum Gasteiger partial charge on any atom is -0.479 e. The van der Waals surface area contributed by atoms with E-state index in [9.17, 15) is 9.90 Å². The van der Waals surface area contributed by atoms with Crippen molar-refractivity contribution in [1.82, 2.24) is 0 Å². The van der Waals surface area contributed by atoms with Crippen LogP contribution in [0.2, 0.25) is 0 Å². The second-order valence-electron chi connectivity index (χ2n) is 2.80. The molecular weight excluding hydrogens is 236 g/mol. The van der Waals surface area contributed by atoms with Crippen LogP contribution in [0.4, 0.5) is 0 Å². The molecule has 2 N–H and O–H groups in total. The number of aliphatic hydroxyl groups is 1. The van der Waals surface area contributed by atoms with E-state index in [1.807, 2.05) is 13.0 Å². The van der Waals surface area contributed by atoms with E-state index >= 15 is 0 Å². The SMILES string of the molecule is Cc1cc(Br)cc(C(O)C(=O)O)c1. The Morgan fingerprint density at radius 1 is 1.46 bits per heavy atom. The minimum atomic E-state index is -1.45. The molecule has 1 atom stereocenters. The van der Waals surface area contributed by atoms with Gasteiger partial charge in [0.1, 0.15) is 0 Å². The van der Waals surface area contributed by atoms with E-state index in [-0.39, 0.29) is 0 Å². The summed E-state index contributed by atoms with van der Waals surface area (Å²) in [5.41, 5.74) is 1.30. The molecular formula is C9H9BrO3. The number of aliphatic carboxylic acids is 1. The van der Waals surface area contributed by atoms with Crippen LogP contribution in [-0.4, -0.2) is 16.2 Å². The molecule has 0 radical (unpaired) electrons. The van der Waals surface area contributed by atoms with Gasteiger partial charge in [-0.1, -0.05) is 22.0 Å². The van der Waals surface area contributed by atoms with Crippen LogP contribution >= 0.6 is 15.9 Å². The molecule has 1 unspecified atom stereocenters. The monoisotopic (exact) mass is 244 g/mol. The molecule has 0 aliphatic heterocycles. The molecule has 0 fully saturated rings. The summed E-state index contributed by atoms with van der Waals surface area (Å²) in [6.07, 6.45) is -1.45. The van der Waals surface area contributed by atoms with E-state index < -0.39 is 12.1 Å². The Morgan fingerprint density at radius 3 is 2.54 bits per heavy atom. The molecule has 1 aromatic rings. The quantitative estimate of drug-likeness (QED) is 0.836. The summed E-state index contributed by atoms with van der Waals surface area (Å²) < 4.78 is 0.766. The van der Waals surface area contributed by atoms with Gasteiger partial charge in [-0.2, -0.15) is 0 Å². The maximum atomic E-state index is 10.5. The number of halogens is 1. The van der Waals surface area contributed by atoms with Crippen LogP contribution in [0.5, 0.6) is 0 Å². The van der Waals surface area contributed by atoms with Gasteiger partial charge in [0.25, 0.3) is 0 Å². The van der Waals surface area contributed by atoms with Crippen molar-refractivity contribution in [2.75, 3.05) is 0 Å². The van der Waals surface area contributed by atoms with Gasteiger partial charge in [0, 0.05) is 4.47 Å². The molecule has 0 aliphatic carbocycles. The third-order valence-corrected chi connectivity index (χ3v) is 2.07. The Kier molecular flexibility index (Phi) is 3.06. The number of aliphatic hydroxyl groups excluding tert-OH is 1. The first-order valence-electron chi connectivity index (χ1n) is 3.68. The third kappa shape index (κ3) is 2.54. The smallest absolute Gasteiger partial charge is 0.337 e. The Morgan fingerprint density at radius 2 is 2.08 bits per heavy atom. The molecule has 4 heteroatoms. The number of hydrogen-bond acceptors (Lipinski definition) is 2. The van der Waals surface area contributed by atoms with Crippen LogP contribution in [0.3, 0.4) is 0 Å². The number of rotatable bonds is 2. The minimum absolute atomic E-state index is 0.388. The molecule has 70 valence electrons. The standard InChI is InChI=1S/C9H9BrO3/c1-5-2-6(4-7(10)3-5)8(11)9(12)13/h2-4,8,11H,1H3,(H,12,13). The average molecular weight is 245 g/mol. The van der Waals surface area contributed by atoms with Gasteiger partial charge in [-0.25, -0.2) is 4.79 Å². The largest absolute Gasteiger partial charge is 0.479 e. The Bertz CT molecular complexity index is 315. The number of hydrogen-bond donors (Lipinski definition) is 2. The van der Waals surface area contributed by atoms with Gasteiger partial charge in [0.2, 0.25) is 0 Å². The lowest BCUT2D eigenvalue weighted by Gasteiger charge is -2.07. The highest BCUT2D eigenvalue weighted by Gasteiger charge is 2.15. The van der Waals surface area contributed by atoms with Crippen molar-refractivity contribution in [3.8, 4) is 0 Å². The van der Waals surface area contributed by atoms with Crippen LogP contribution in [0.15, 0.2) is 22.7 Å². The lowest BCUT2D eigenvalue weighted by Crippen LogP contribution is -2.10. The Hall–Kier alpha value is -0.870. The van der Waals surface area contributed by atoms with Crippen molar-refractivity contribution in [2.24, 2.45) is 0 Å². The van der Waals surface area contributed by atoms with Gasteiger partial charge in [-0.15, -0.1) is 0 Å². The van der Waals surface area contributed by atoms with E-state index in [0.29, 0.717) is 5.56 Å². The lowest BCUT2D eigenvalue weighted by molar-refractivity contribution is -0.146. The summed E-state index contributed by atoms with van der Waals surface area (Å²) in [5.74, 6) is -1.24. The predicted molar refractivity (Wildman–Crippen MR) is 51.5 cm³/mol. The fourth-order valence-electron chi connectivity index (χ4n) is 1.07. The number of aryl methyl sites for hydroxylation is 1. The van der Waals surface area contributed by atoms with Crippen LogP contribution in [0, 0.1) is 6.92 Å². The van der Waals surface area contributed by atoms with Crippen molar-refractivity contribution in [3.05, 3.63) is 33.8 Å².